The number of rotatable bonds is 16. The number of aromatic nitrogens is 1. The third-order valence-electron chi connectivity index (χ3n) is 11.5. The lowest BCUT2D eigenvalue weighted by molar-refractivity contribution is -0.136. The number of carbonyl (C=O) groups is 9. The van der Waals surface area contributed by atoms with Gasteiger partial charge in [-0.3, -0.25) is 53.1 Å². The summed E-state index contributed by atoms with van der Waals surface area (Å²) in [7, 11) is 0. The minimum atomic E-state index is -1.59. The molecule has 4 unspecified atom stereocenters. The van der Waals surface area contributed by atoms with Gasteiger partial charge in [0.25, 0.3) is 0 Å². The number of nitrogens with zero attached hydrogens (tertiary/aromatic N) is 2. The first kappa shape index (κ1) is 56.3. The van der Waals surface area contributed by atoms with Gasteiger partial charge in [0, 0.05) is 56.5 Å². The maximum absolute atomic E-state index is 14.4. The van der Waals surface area contributed by atoms with Gasteiger partial charge in [-0.2, -0.15) is 0 Å². The Morgan fingerprint density at radius 1 is 0.708 bits per heavy atom. The van der Waals surface area contributed by atoms with Gasteiger partial charge in [-0.25, -0.2) is 0 Å². The number of aliphatic imine (C=N–C) groups is 2. The zero-order valence-electron chi connectivity index (χ0n) is 40.5. The lowest BCUT2D eigenvalue weighted by atomic mass is 10.0. The lowest BCUT2D eigenvalue weighted by Gasteiger charge is -2.27. The monoisotopic (exact) mass is 1000 g/mol. The van der Waals surface area contributed by atoms with E-state index in [1.54, 1.807) is 36.5 Å². The molecular weight excluding hydrogens is 933 g/mol. The Kier molecular flexibility index (Phi) is 22.2. The predicted molar refractivity (Wildman–Crippen MR) is 268 cm³/mol. The topological polar surface area (TPSA) is 420 Å². The van der Waals surface area contributed by atoms with E-state index in [1.165, 1.54) is 13.8 Å². The third-order valence-corrected chi connectivity index (χ3v) is 11.5. The minimum Gasteiger partial charge on any atom is -0.370 e. The summed E-state index contributed by atoms with van der Waals surface area (Å²) in [4.78, 5) is 134. The van der Waals surface area contributed by atoms with Crippen LogP contribution >= 0.6 is 0 Å². The molecule has 1 aromatic heterocycles. The number of nitrogens with one attached hydrogen (secondary N) is 9. The van der Waals surface area contributed by atoms with Crippen molar-refractivity contribution in [1.29, 1.82) is 0 Å². The second-order valence-corrected chi connectivity index (χ2v) is 17.4. The summed E-state index contributed by atoms with van der Waals surface area (Å²) in [6.45, 7) is 2.75. The molecule has 0 spiro atoms. The molecule has 25 nitrogen and oxygen atoms in total. The normalized spacial score (nSPS) is 21.5. The Morgan fingerprint density at radius 2 is 1.32 bits per heavy atom. The van der Waals surface area contributed by atoms with Gasteiger partial charge in [-0.05, 0) is 69.1 Å². The zero-order chi connectivity index (χ0) is 52.7. The first-order valence-corrected chi connectivity index (χ1v) is 23.7. The standard InChI is InChI=1S/C47H68N16O9/c1-26-40(67)61-35(22-28-12-4-3-5-13-28)44(71)60-34(18-11-21-55-47(51)52)42(69)62-36(23-29-25-56-31-15-7-6-14-30(29)31)45(72)59-32(39(48)66)16-8-9-19-53-38(65)24-37(43(70)57-26)63-41(68)33(58-27(2)64)17-10-20-54-46(49)50/h3-7,12-15,25-26,32-37,56H,8-11,16-24H2,1-2H3,(H2,48,66)(H,53,65)(H,57,70)(H,58,64)(H,59,72)(H,60,71)(H,61,67)(H,62,69)(H,63,68)(H4,49,50,54)(H4,51,52,55)/t26-,32?,33?,34-,35?,36-,37?/m0/s1. The smallest absolute Gasteiger partial charge is 0.243 e. The van der Waals surface area contributed by atoms with Crippen LogP contribution in [0.1, 0.15) is 76.3 Å². The van der Waals surface area contributed by atoms with Crippen molar-refractivity contribution in [3.05, 3.63) is 71.9 Å². The van der Waals surface area contributed by atoms with Crippen LogP contribution in [-0.4, -0.2) is 132 Å². The predicted octanol–water partition coefficient (Wildman–Crippen LogP) is -3.33. The number of benzene rings is 2. The van der Waals surface area contributed by atoms with E-state index in [9.17, 15) is 43.2 Å². The highest BCUT2D eigenvalue weighted by Gasteiger charge is 2.34. The molecule has 0 aliphatic carbocycles. The number of hydrogen-bond donors (Lipinski definition) is 14. The van der Waals surface area contributed by atoms with Gasteiger partial charge in [-0.1, -0.05) is 48.5 Å². The van der Waals surface area contributed by atoms with Gasteiger partial charge in [0.15, 0.2) is 11.9 Å². The van der Waals surface area contributed by atoms with Crippen molar-refractivity contribution in [2.24, 2.45) is 38.7 Å². The van der Waals surface area contributed by atoms with E-state index < -0.39 is 102 Å². The second kappa shape index (κ2) is 28.4. The van der Waals surface area contributed by atoms with Gasteiger partial charge >= 0.3 is 0 Å². The van der Waals surface area contributed by atoms with Crippen LogP contribution in [0.15, 0.2) is 70.8 Å². The molecule has 2 aromatic carbocycles. The fourth-order valence-electron chi connectivity index (χ4n) is 7.80. The molecule has 1 aliphatic rings. The van der Waals surface area contributed by atoms with Crippen molar-refractivity contribution in [2.75, 3.05) is 19.6 Å². The van der Waals surface area contributed by atoms with Gasteiger partial charge in [-0.15, -0.1) is 0 Å². The average Bonchev–Trinajstić information content (AvgIpc) is 3.74. The van der Waals surface area contributed by atoms with Crippen molar-refractivity contribution in [1.82, 2.24) is 47.5 Å². The number of H-pyrrole nitrogens is 1. The SMILES string of the molecule is CC(=O)NC(CCCN=C(N)N)C(=O)NC1CC(=O)NCCCCC(C(N)=O)NC(=O)[C@H](Cc2c[nH]c3ccccc23)NC(=O)[C@H](CCCN=C(N)N)NC(=O)C(Cc2ccccc2)NC(=O)[C@H](C)NC1=O. The lowest BCUT2D eigenvalue weighted by Crippen LogP contribution is -2.60. The largest absolute Gasteiger partial charge is 0.370 e. The van der Waals surface area contributed by atoms with Gasteiger partial charge < -0.3 is 76.2 Å². The van der Waals surface area contributed by atoms with E-state index in [-0.39, 0.29) is 89.3 Å². The molecule has 3 aromatic rings. The highest BCUT2D eigenvalue weighted by molar-refractivity contribution is 5.99. The highest BCUT2D eigenvalue weighted by atomic mass is 16.2. The Balaban J connectivity index is 1.71. The second-order valence-electron chi connectivity index (χ2n) is 17.4. The molecule has 1 aliphatic heterocycles. The number of guanidine groups is 2. The van der Waals surface area contributed by atoms with Crippen LogP contribution in [0, 0.1) is 0 Å². The third kappa shape index (κ3) is 18.9. The molecule has 72 heavy (non-hydrogen) atoms. The summed E-state index contributed by atoms with van der Waals surface area (Å²) in [5, 5.41) is 21.8. The molecule has 19 N–H and O–H groups in total. The molecular formula is C47H68N16O9. The van der Waals surface area contributed by atoms with Crippen molar-refractivity contribution in [3.63, 3.8) is 0 Å². The minimum absolute atomic E-state index is 0.0324. The number of para-hydroxylation sites is 1. The van der Waals surface area contributed by atoms with Crippen LogP contribution < -0.4 is 71.2 Å². The first-order valence-electron chi connectivity index (χ1n) is 23.7. The number of carbonyl (C=O) groups excluding carboxylic acids is 9. The molecule has 1 fully saturated rings. The summed E-state index contributed by atoms with van der Waals surface area (Å²) in [6, 6.07) is 6.59. The zero-order valence-corrected chi connectivity index (χ0v) is 40.5. The van der Waals surface area contributed by atoms with E-state index in [0.29, 0.717) is 11.1 Å². The van der Waals surface area contributed by atoms with Crippen LogP contribution in [-0.2, 0) is 56.0 Å². The molecule has 0 radical (unpaired) electrons. The Morgan fingerprint density at radius 3 is 2.00 bits per heavy atom. The number of hydrogen-bond acceptors (Lipinski definition) is 11. The molecule has 390 valence electrons. The highest BCUT2D eigenvalue weighted by Crippen LogP contribution is 2.20. The number of aromatic amines is 1. The first-order chi connectivity index (χ1) is 34.3. The molecule has 25 heteroatoms. The average molecular weight is 1000 g/mol. The van der Waals surface area contributed by atoms with Crippen LogP contribution in [0.3, 0.4) is 0 Å². The van der Waals surface area contributed by atoms with Crippen LogP contribution in [0.5, 0.6) is 0 Å². The Bertz CT molecular complexity index is 2440. The molecule has 4 rings (SSSR count). The Labute approximate surface area is 416 Å². The van der Waals surface area contributed by atoms with Crippen molar-refractivity contribution >= 4 is 76.0 Å². The van der Waals surface area contributed by atoms with Gasteiger partial charge in [0.05, 0.1) is 6.42 Å². The van der Waals surface area contributed by atoms with Crippen molar-refractivity contribution in [3.8, 4) is 0 Å². The fraction of sp³-hybridized carbons (Fsp3) is 0.468. The molecule has 9 amide bonds. The summed E-state index contributed by atoms with van der Waals surface area (Å²) in [6.07, 6.45) is 1.92. The number of primary amides is 1. The summed E-state index contributed by atoms with van der Waals surface area (Å²) >= 11 is 0. The van der Waals surface area contributed by atoms with E-state index in [4.69, 9.17) is 28.7 Å². The molecule has 1 saturated heterocycles. The van der Waals surface area contributed by atoms with Crippen LogP contribution in [0.2, 0.25) is 0 Å². The van der Waals surface area contributed by atoms with E-state index in [1.807, 2.05) is 24.3 Å². The molecule has 0 saturated carbocycles. The van der Waals surface area contributed by atoms with Crippen LogP contribution in [0.4, 0.5) is 0 Å². The fourth-order valence-corrected chi connectivity index (χ4v) is 7.80. The van der Waals surface area contributed by atoms with E-state index in [0.717, 1.165) is 10.9 Å². The van der Waals surface area contributed by atoms with E-state index >= 15 is 0 Å². The Hall–Kier alpha value is -8.25. The molecule has 0 bridgehead atoms. The van der Waals surface area contributed by atoms with Gasteiger partial charge in [0.1, 0.15) is 42.3 Å². The quantitative estimate of drug-likeness (QED) is 0.0380. The van der Waals surface area contributed by atoms with Crippen LogP contribution in [0.25, 0.3) is 10.9 Å². The maximum Gasteiger partial charge on any atom is 0.243 e. The number of nitrogens with two attached hydrogens (primary N) is 5. The van der Waals surface area contributed by atoms with Crippen molar-refractivity contribution < 1.29 is 43.2 Å². The summed E-state index contributed by atoms with van der Waals surface area (Å²) < 4.78 is 0. The molecule has 2 heterocycles. The van der Waals surface area contributed by atoms with E-state index in [2.05, 4.69) is 57.5 Å². The molecule has 7 atom stereocenters. The number of fused-ring (bicyclic) bond motifs is 1. The van der Waals surface area contributed by atoms with Crippen molar-refractivity contribution in [2.45, 2.75) is 120 Å². The summed E-state index contributed by atoms with van der Waals surface area (Å²) in [5.74, 6) is -7.46. The summed E-state index contributed by atoms with van der Waals surface area (Å²) in [5.41, 5.74) is 29.7. The number of amides is 9. The maximum atomic E-state index is 14.4. The van der Waals surface area contributed by atoms with Gasteiger partial charge in [0.2, 0.25) is 53.2 Å².